The van der Waals surface area contributed by atoms with Gasteiger partial charge in [0.25, 0.3) is 0 Å². The van der Waals surface area contributed by atoms with Gasteiger partial charge >= 0.3 is 0 Å². The van der Waals surface area contributed by atoms with Crippen LogP contribution in [0.15, 0.2) is 18.2 Å². The van der Waals surface area contributed by atoms with Gasteiger partial charge in [0.2, 0.25) is 0 Å². The Morgan fingerprint density at radius 3 is 2.61 bits per heavy atom. The molecule has 3 nitrogen and oxygen atoms in total. The zero-order chi connectivity index (χ0) is 13.2. The van der Waals surface area contributed by atoms with E-state index in [0.717, 1.165) is 18.6 Å². The molecule has 0 aromatic heterocycles. The Balaban J connectivity index is 2.18. The lowest BCUT2D eigenvalue weighted by Gasteiger charge is -2.41. The number of benzene rings is 1. The molecule has 1 aliphatic heterocycles. The van der Waals surface area contributed by atoms with Crippen LogP contribution >= 0.6 is 0 Å². The summed E-state index contributed by atoms with van der Waals surface area (Å²) in [4.78, 5) is 4.82. The van der Waals surface area contributed by atoms with Gasteiger partial charge in [0.15, 0.2) is 0 Å². The van der Waals surface area contributed by atoms with Gasteiger partial charge in [-0.1, -0.05) is 19.1 Å². The van der Waals surface area contributed by atoms with Crippen LogP contribution in [0.25, 0.3) is 0 Å². The van der Waals surface area contributed by atoms with Gasteiger partial charge in [-0.05, 0) is 45.2 Å². The first-order valence-electron chi connectivity index (χ1n) is 6.49. The van der Waals surface area contributed by atoms with E-state index in [2.05, 4.69) is 32.0 Å². The lowest BCUT2D eigenvalue weighted by atomic mass is 9.70. The molecule has 0 amide bonds. The summed E-state index contributed by atoms with van der Waals surface area (Å²) < 4.78 is 6.22. The minimum Gasteiger partial charge on any atom is -0.483 e. The highest BCUT2D eigenvalue weighted by Crippen LogP contribution is 2.62. The molecule has 1 aromatic carbocycles. The predicted octanol–water partition coefficient (Wildman–Crippen LogP) is 3.45. The zero-order valence-corrected chi connectivity index (χ0v) is 11.4. The van der Waals surface area contributed by atoms with Gasteiger partial charge in [-0.2, -0.15) is 0 Å². The smallest absolute Gasteiger partial charge is 0.147 e. The minimum atomic E-state index is -0.658. The molecule has 1 aromatic rings. The van der Waals surface area contributed by atoms with E-state index in [1.165, 1.54) is 11.1 Å². The average molecular weight is 248 g/mol. The molecule has 0 bridgehead atoms. The van der Waals surface area contributed by atoms with E-state index in [-0.39, 0.29) is 5.41 Å². The van der Waals surface area contributed by atoms with Crippen molar-refractivity contribution in [2.75, 3.05) is 0 Å². The van der Waals surface area contributed by atoms with Crippen LogP contribution in [0.3, 0.4) is 0 Å². The van der Waals surface area contributed by atoms with Crippen LogP contribution in [-0.4, -0.2) is 16.5 Å². The highest BCUT2D eigenvalue weighted by molar-refractivity contribution is 5.51. The van der Waals surface area contributed by atoms with E-state index in [0.29, 0.717) is 0 Å². The van der Waals surface area contributed by atoms with Crippen molar-refractivity contribution in [1.82, 2.24) is 0 Å². The normalized spacial score (nSPS) is 41.4. The number of hydrogen-bond acceptors (Lipinski definition) is 3. The third-order valence-electron chi connectivity index (χ3n) is 5.41. The van der Waals surface area contributed by atoms with Crippen LogP contribution in [0.4, 0.5) is 0 Å². The van der Waals surface area contributed by atoms with Crippen LogP contribution in [0, 0.1) is 6.92 Å². The van der Waals surface area contributed by atoms with Gasteiger partial charge in [0.1, 0.15) is 17.0 Å². The molecule has 3 rings (SSSR count). The molecule has 0 radical (unpaired) electrons. The van der Waals surface area contributed by atoms with Gasteiger partial charge in [-0.15, -0.1) is 0 Å². The van der Waals surface area contributed by atoms with E-state index in [4.69, 9.17) is 9.62 Å². The quantitative estimate of drug-likeness (QED) is 0.611. The van der Waals surface area contributed by atoms with Crippen molar-refractivity contribution in [3.05, 3.63) is 29.3 Å². The minimum absolute atomic E-state index is 0.104. The highest BCUT2D eigenvalue weighted by Gasteiger charge is 2.69. The number of rotatable bonds is 1. The Kier molecular flexibility index (Phi) is 2.19. The summed E-state index contributed by atoms with van der Waals surface area (Å²) in [6.07, 6.45) is 1.75. The van der Waals surface area contributed by atoms with Crippen LogP contribution in [-0.2, 0) is 10.3 Å². The molecule has 0 spiro atoms. The van der Waals surface area contributed by atoms with Crippen molar-refractivity contribution in [3.8, 4) is 5.75 Å². The average Bonchev–Trinajstić information content (AvgIpc) is 2.66. The molecule has 98 valence electrons. The second-order valence-corrected chi connectivity index (χ2v) is 6.29. The van der Waals surface area contributed by atoms with Crippen molar-refractivity contribution in [1.29, 1.82) is 0 Å². The van der Waals surface area contributed by atoms with Crippen molar-refractivity contribution in [2.24, 2.45) is 0 Å². The Morgan fingerprint density at radius 2 is 1.94 bits per heavy atom. The van der Waals surface area contributed by atoms with Gasteiger partial charge < -0.3 is 4.74 Å². The van der Waals surface area contributed by atoms with E-state index < -0.39 is 11.2 Å². The van der Waals surface area contributed by atoms with Crippen LogP contribution in [0.2, 0.25) is 0 Å². The first-order chi connectivity index (χ1) is 8.36. The van der Waals surface area contributed by atoms with Crippen molar-refractivity contribution < 1.29 is 14.9 Å². The Morgan fingerprint density at radius 1 is 1.22 bits per heavy atom. The third kappa shape index (κ3) is 1.12. The first kappa shape index (κ1) is 12.0. The van der Waals surface area contributed by atoms with Gasteiger partial charge in [-0.25, -0.2) is 4.89 Å². The van der Waals surface area contributed by atoms with E-state index in [1.54, 1.807) is 0 Å². The van der Waals surface area contributed by atoms with Gasteiger partial charge in [-0.3, -0.25) is 5.26 Å². The van der Waals surface area contributed by atoms with Crippen molar-refractivity contribution in [2.45, 2.75) is 57.2 Å². The van der Waals surface area contributed by atoms with Crippen molar-refractivity contribution in [3.63, 3.8) is 0 Å². The molecule has 1 heterocycles. The number of hydrogen-bond donors (Lipinski definition) is 1. The predicted molar refractivity (Wildman–Crippen MR) is 68.9 cm³/mol. The van der Waals surface area contributed by atoms with Crippen LogP contribution in [0.5, 0.6) is 5.75 Å². The largest absolute Gasteiger partial charge is 0.483 e. The fraction of sp³-hybridized carbons (Fsp3) is 0.600. The van der Waals surface area contributed by atoms with Crippen LogP contribution < -0.4 is 4.74 Å². The molecule has 2 aliphatic rings. The standard InChI is InChI=1S/C15H20O3/c1-10-5-6-11-12(9-10)17-15(4)13(11,2)7-8-14(15,3)18-16/h5-6,9,16H,7-8H2,1-4H3/t13-,14+,15+/m0/s1. The molecule has 1 saturated carbocycles. The Bertz CT molecular complexity index is 512. The summed E-state index contributed by atoms with van der Waals surface area (Å²) in [7, 11) is 0. The summed E-state index contributed by atoms with van der Waals surface area (Å²) >= 11 is 0. The highest BCUT2D eigenvalue weighted by atomic mass is 17.1. The Labute approximate surface area is 108 Å². The summed E-state index contributed by atoms with van der Waals surface area (Å²) in [5.41, 5.74) is 1.14. The van der Waals surface area contributed by atoms with E-state index in [1.807, 2.05) is 13.8 Å². The lowest BCUT2D eigenvalue weighted by molar-refractivity contribution is -0.347. The van der Waals surface area contributed by atoms with Crippen molar-refractivity contribution >= 4 is 0 Å². The molecule has 1 aliphatic carbocycles. The summed E-state index contributed by atoms with van der Waals surface area (Å²) in [6, 6.07) is 6.34. The fourth-order valence-electron chi connectivity index (χ4n) is 3.68. The second kappa shape index (κ2) is 3.28. The molecule has 3 heteroatoms. The van der Waals surface area contributed by atoms with Crippen LogP contribution in [0.1, 0.15) is 44.7 Å². The summed E-state index contributed by atoms with van der Waals surface area (Å²) in [5, 5.41) is 9.31. The molecule has 1 N–H and O–H groups in total. The molecule has 18 heavy (non-hydrogen) atoms. The fourth-order valence-corrected chi connectivity index (χ4v) is 3.68. The molecular weight excluding hydrogens is 228 g/mol. The molecular formula is C15H20O3. The first-order valence-corrected chi connectivity index (χ1v) is 6.49. The van der Waals surface area contributed by atoms with E-state index in [9.17, 15) is 5.26 Å². The molecule has 0 unspecified atom stereocenters. The Hall–Kier alpha value is -1.06. The zero-order valence-electron chi connectivity index (χ0n) is 11.4. The molecule has 3 atom stereocenters. The number of fused-ring (bicyclic) bond motifs is 3. The number of aryl methyl sites for hydroxylation is 1. The maximum absolute atomic E-state index is 9.31. The van der Waals surface area contributed by atoms with Gasteiger partial charge in [0.05, 0.1) is 0 Å². The lowest BCUT2D eigenvalue weighted by Crippen LogP contribution is -2.57. The summed E-state index contributed by atoms with van der Waals surface area (Å²) in [6.45, 7) is 8.24. The molecule has 1 fully saturated rings. The second-order valence-electron chi connectivity index (χ2n) is 6.29. The third-order valence-corrected chi connectivity index (χ3v) is 5.41. The monoisotopic (exact) mass is 248 g/mol. The number of ether oxygens (including phenoxy) is 1. The maximum atomic E-state index is 9.31. The maximum Gasteiger partial charge on any atom is 0.147 e. The summed E-state index contributed by atoms with van der Waals surface area (Å²) in [5.74, 6) is 0.933. The van der Waals surface area contributed by atoms with E-state index >= 15 is 0 Å². The SMILES string of the molecule is Cc1ccc2c(c1)O[C@@]1(C)[C@](C)(OO)CC[C@@]21C. The van der Waals surface area contributed by atoms with Gasteiger partial charge in [0, 0.05) is 11.0 Å². The molecule has 0 saturated heterocycles. The topological polar surface area (TPSA) is 38.7 Å².